The van der Waals surface area contributed by atoms with Gasteiger partial charge in [0, 0.05) is 6.54 Å². The highest BCUT2D eigenvalue weighted by molar-refractivity contribution is 5.28. The second-order valence-electron chi connectivity index (χ2n) is 5.33. The molecular formula is C16H27NO. The molecule has 0 aliphatic carbocycles. The van der Waals surface area contributed by atoms with Gasteiger partial charge in [-0.05, 0) is 50.6 Å². The quantitative estimate of drug-likeness (QED) is 0.698. The summed E-state index contributed by atoms with van der Waals surface area (Å²) in [4.78, 5) is 2.29. The van der Waals surface area contributed by atoms with Crippen molar-refractivity contribution in [2.75, 3.05) is 27.7 Å². The van der Waals surface area contributed by atoms with Crippen LogP contribution in [0.15, 0.2) is 24.3 Å². The molecule has 0 fully saturated rings. The van der Waals surface area contributed by atoms with E-state index in [1.807, 2.05) is 6.07 Å². The summed E-state index contributed by atoms with van der Waals surface area (Å²) < 4.78 is 5.29. The Bertz CT molecular complexity index is 336. The molecule has 0 aliphatic rings. The summed E-state index contributed by atoms with van der Waals surface area (Å²) in [5, 5.41) is 0. The van der Waals surface area contributed by atoms with Gasteiger partial charge in [-0.25, -0.2) is 0 Å². The molecule has 1 aromatic carbocycles. The van der Waals surface area contributed by atoms with Crippen LogP contribution in [-0.4, -0.2) is 32.6 Å². The van der Waals surface area contributed by atoms with E-state index in [4.69, 9.17) is 4.74 Å². The van der Waals surface area contributed by atoms with Crippen molar-refractivity contribution in [2.45, 2.75) is 32.6 Å². The summed E-state index contributed by atoms with van der Waals surface area (Å²) >= 11 is 0. The normalized spacial score (nSPS) is 12.7. The van der Waals surface area contributed by atoms with Gasteiger partial charge in [-0.1, -0.05) is 31.9 Å². The summed E-state index contributed by atoms with van der Waals surface area (Å²) in [5.74, 6) is 1.71. The minimum Gasteiger partial charge on any atom is -0.497 e. The third kappa shape index (κ3) is 5.54. The van der Waals surface area contributed by atoms with E-state index in [1.54, 1.807) is 7.11 Å². The van der Waals surface area contributed by atoms with Gasteiger partial charge in [0.2, 0.25) is 0 Å². The van der Waals surface area contributed by atoms with Gasteiger partial charge in [-0.2, -0.15) is 0 Å². The Morgan fingerprint density at radius 3 is 2.67 bits per heavy atom. The molecule has 0 bridgehead atoms. The van der Waals surface area contributed by atoms with Crippen molar-refractivity contribution in [2.24, 2.45) is 5.92 Å². The van der Waals surface area contributed by atoms with Gasteiger partial charge in [-0.15, -0.1) is 0 Å². The lowest BCUT2D eigenvalue weighted by Gasteiger charge is -2.21. The highest BCUT2D eigenvalue weighted by Crippen LogP contribution is 2.19. The van der Waals surface area contributed by atoms with Crippen molar-refractivity contribution >= 4 is 0 Å². The molecule has 0 heterocycles. The van der Waals surface area contributed by atoms with Gasteiger partial charge < -0.3 is 9.64 Å². The van der Waals surface area contributed by atoms with Gasteiger partial charge >= 0.3 is 0 Å². The standard InChI is InChI=1S/C16H27NO/c1-5-6-8-15(13-17(2)3)11-14-9-7-10-16(12-14)18-4/h7,9-10,12,15H,5-6,8,11,13H2,1-4H3. The molecular weight excluding hydrogens is 222 g/mol. The van der Waals surface area contributed by atoms with E-state index in [1.165, 1.54) is 24.8 Å². The second kappa shape index (κ2) is 8.15. The smallest absolute Gasteiger partial charge is 0.119 e. The maximum absolute atomic E-state index is 5.29. The number of hydrogen-bond acceptors (Lipinski definition) is 2. The molecule has 102 valence electrons. The first-order valence-corrected chi connectivity index (χ1v) is 6.93. The third-order valence-electron chi connectivity index (χ3n) is 3.25. The minimum atomic E-state index is 0.743. The van der Waals surface area contributed by atoms with Crippen molar-refractivity contribution in [1.29, 1.82) is 0 Å². The fourth-order valence-corrected chi connectivity index (χ4v) is 2.40. The summed E-state index contributed by atoms with van der Waals surface area (Å²) in [5.41, 5.74) is 1.39. The fraction of sp³-hybridized carbons (Fsp3) is 0.625. The van der Waals surface area contributed by atoms with Crippen molar-refractivity contribution in [3.8, 4) is 5.75 Å². The van der Waals surface area contributed by atoms with Crippen molar-refractivity contribution in [3.63, 3.8) is 0 Å². The Morgan fingerprint density at radius 1 is 1.28 bits per heavy atom. The second-order valence-corrected chi connectivity index (χ2v) is 5.33. The predicted molar refractivity (Wildman–Crippen MR) is 78.3 cm³/mol. The molecule has 0 amide bonds. The van der Waals surface area contributed by atoms with Crippen LogP contribution >= 0.6 is 0 Å². The lowest BCUT2D eigenvalue weighted by atomic mass is 9.93. The molecule has 2 nitrogen and oxygen atoms in total. The highest BCUT2D eigenvalue weighted by atomic mass is 16.5. The molecule has 1 rings (SSSR count). The van der Waals surface area contributed by atoms with E-state index < -0.39 is 0 Å². The molecule has 18 heavy (non-hydrogen) atoms. The van der Waals surface area contributed by atoms with Gasteiger partial charge in [-0.3, -0.25) is 0 Å². The molecule has 1 aromatic rings. The largest absolute Gasteiger partial charge is 0.497 e. The molecule has 0 radical (unpaired) electrons. The average Bonchev–Trinajstić information content (AvgIpc) is 2.35. The first-order valence-electron chi connectivity index (χ1n) is 6.93. The molecule has 1 unspecified atom stereocenters. The zero-order chi connectivity index (χ0) is 13.4. The van der Waals surface area contributed by atoms with E-state index >= 15 is 0 Å². The van der Waals surface area contributed by atoms with E-state index in [9.17, 15) is 0 Å². The molecule has 0 spiro atoms. The van der Waals surface area contributed by atoms with E-state index in [0.717, 1.165) is 24.6 Å². The fourth-order valence-electron chi connectivity index (χ4n) is 2.40. The maximum Gasteiger partial charge on any atom is 0.119 e. The first-order chi connectivity index (χ1) is 8.65. The average molecular weight is 249 g/mol. The van der Waals surface area contributed by atoms with Gasteiger partial charge in [0.15, 0.2) is 0 Å². The molecule has 0 aromatic heterocycles. The molecule has 0 saturated carbocycles. The van der Waals surface area contributed by atoms with Gasteiger partial charge in [0.25, 0.3) is 0 Å². The Morgan fingerprint density at radius 2 is 2.06 bits per heavy atom. The summed E-state index contributed by atoms with van der Waals surface area (Å²) in [6, 6.07) is 8.46. The molecule has 0 aliphatic heterocycles. The number of rotatable bonds is 8. The zero-order valence-electron chi connectivity index (χ0n) is 12.3. The predicted octanol–water partition coefficient (Wildman–Crippen LogP) is 3.61. The van der Waals surface area contributed by atoms with Crippen LogP contribution in [0.25, 0.3) is 0 Å². The van der Waals surface area contributed by atoms with Crippen LogP contribution in [0.2, 0.25) is 0 Å². The molecule has 1 atom stereocenters. The van der Waals surface area contributed by atoms with Gasteiger partial charge in [0.1, 0.15) is 5.75 Å². The van der Waals surface area contributed by atoms with Crippen molar-refractivity contribution in [1.82, 2.24) is 4.90 Å². The number of methoxy groups -OCH3 is 1. The lowest BCUT2D eigenvalue weighted by Crippen LogP contribution is -2.23. The molecule has 2 heteroatoms. The maximum atomic E-state index is 5.29. The van der Waals surface area contributed by atoms with Gasteiger partial charge in [0.05, 0.1) is 7.11 Å². The van der Waals surface area contributed by atoms with Crippen LogP contribution in [0.5, 0.6) is 5.75 Å². The Kier molecular flexibility index (Phi) is 6.81. The Balaban J connectivity index is 2.62. The lowest BCUT2D eigenvalue weighted by molar-refractivity contribution is 0.305. The minimum absolute atomic E-state index is 0.743. The Hall–Kier alpha value is -1.02. The SMILES string of the molecule is CCCCC(Cc1cccc(OC)c1)CN(C)C. The first kappa shape index (κ1) is 15.0. The summed E-state index contributed by atoms with van der Waals surface area (Å²) in [6.07, 6.45) is 5.06. The number of ether oxygens (including phenoxy) is 1. The van der Waals surface area contributed by atoms with Crippen LogP contribution in [0.3, 0.4) is 0 Å². The topological polar surface area (TPSA) is 12.5 Å². The molecule has 0 saturated heterocycles. The van der Waals surface area contributed by atoms with E-state index in [2.05, 4.69) is 44.1 Å². The molecule has 0 N–H and O–H groups in total. The number of benzene rings is 1. The van der Waals surface area contributed by atoms with E-state index in [0.29, 0.717) is 0 Å². The number of hydrogen-bond donors (Lipinski definition) is 0. The number of unbranched alkanes of at least 4 members (excludes halogenated alkanes) is 1. The van der Waals surface area contributed by atoms with Crippen molar-refractivity contribution < 1.29 is 4.74 Å². The Labute approximate surface area is 112 Å². The number of nitrogens with zero attached hydrogens (tertiary/aromatic N) is 1. The van der Waals surface area contributed by atoms with Crippen LogP contribution in [-0.2, 0) is 6.42 Å². The van der Waals surface area contributed by atoms with Crippen LogP contribution in [0.4, 0.5) is 0 Å². The summed E-state index contributed by atoms with van der Waals surface area (Å²) in [6.45, 7) is 3.43. The van der Waals surface area contributed by atoms with Crippen LogP contribution in [0.1, 0.15) is 31.7 Å². The highest BCUT2D eigenvalue weighted by Gasteiger charge is 2.11. The monoisotopic (exact) mass is 249 g/mol. The van der Waals surface area contributed by atoms with E-state index in [-0.39, 0.29) is 0 Å². The van der Waals surface area contributed by atoms with Crippen molar-refractivity contribution in [3.05, 3.63) is 29.8 Å². The summed E-state index contributed by atoms with van der Waals surface area (Å²) in [7, 11) is 6.04. The van der Waals surface area contributed by atoms with Crippen LogP contribution in [0, 0.1) is 5.92 Å². The zero-order valence-corrected chi connectivity index (χ0v) is 12.3. The van der Waals surface area contributed by atoms with Crippen LogP contribution < -0.4 is 4.74 Å². The third-order valence-corrected chi connectivity index (χ3v) is 3.25.